The molecule has 0 bridgehead atoms. The van der Waals surface area contributed by atoms with Gasteiger partial charge in [0.05, 0.1) is 21.9 Å². The highest BCUT2D eigenvalue weighted by atomic mass is 35.5. The number of halogens is 1. The van der Waals surface area contributed by atoms with Crippen LogP contribution in [-0.2, 0) is 24.2 Å². The molecule has 0 atom stereocenters. The number of anilines is 1. The van der Waals surface area contributed by atoms with Crippen molar-refractivity contribution in [1.29, 1.82) is 0 Å². The minimum Gasteiger partial charge on any atom is -0.465 e. The summed E-state index contributed by atoms with van der Waals surface area (Å²) in [6.45, 7) is 2.43. The first-order valence-electron chi connectivity index (χ1n) is 9.11. The Morgan fingerprint density at radius 3 is 2.66 bits per heavy atom. The number of rotatable bonds is 5. The van der Waals surface area contributed by atoms with Crippen molar-refractivity contribution in [3.8, 4) is 0 Å². The maximum absolute atomic E-state index is 12.6. The van der Waals surface area contributed by atoms with Crippen LogP contribution >= 0.6 is 34.3 Å². The summed E-state index contributed by atoms with van der Waals surface area (Å²) in [5.41, 5.74) is 2.71. The average Bonchev–Trinajstić information content (AvgIpc) is 3.31. The van der Waals surface area contributed by atoms with Gasteiger partial charge in [-0.15, -0.1) is 22.7 Å². The van der Waals surface area contributed by atoms with Gasteiger partial charge in [0.15, 0.2) is 0 Å². The van der Waals surface area contributed by atoms with E-state index in [1.54, 1.807) is 12.1 Å². The zero-order valence-corrected chi connectivity index (χ0v) is 18.1. The number of hydrogen-bond donors (Lipinski definition) is 1. The molecule has 5 nitrogen and oxygen atoms in total. The largest absolute Gasteiger partial charge is 0.465 e. The summed E-state index contributed by atoms with van der Waals surface area (Å²) in [6, 6.07) is 13.7. The fraction of sp³-hybridized carbons (Fsp3) is 0.238. The first kappa shape index (κ1) is 20.1. The summed E-state index contributed by atoms with van der Waals surface area (Å²) >= 11 is 8.59. The molecule has 0 spiro atoms. The minimum atomic E-state index is -0.418. The molecule has 0 fully saturated rings. The predicted octanol–water partition coefficient (Wildman–Crippen LogP) is 5.06. The fourth-order valence-electron chi connectivity index (χ4n) is 3.44. The number of carbonyl (C=O) groups is 2. The van der Waals surface area contributed by atoms with Gasteiger partial charge >= 0.3 is 5.97 Å². The van der Waals surface area contributed by atoms with Crippen molar-refractivity contribution >= 4 is 51.2 Å². The summed E-state index contributed by atoms with van der Waals surface area (Å²) in [7, 11) is 1.36. The highest BCUT2D eigenvalue weighted by molar-refractivity contribution is 7.18. The topological polar surface area (TPSA) is 58.6 Å². The van der Waals surface area contributed by atoms with E-state index < -0.39 is 5.97 Å². The van der Waals surface area contributed by atoms with E-state index in [2.05, 4.69) is 22.3 Å². The van der Waals surface area contributed by atoms with Crippen LogP contribution in [0, 0.1) is 0 Å². The highest BCUT2D eigenvalue weighted by Crippen LogP contribution is 2.38. The standard InChI is InChI=1S/C21H19ClN2O3S2/c1-27-21(26)18-14-9-10-24(11-13-5-3-2-4-6-13)12-16(14)29-20(18)23-19(25)15-7-8-17(22)28-15/h2-8H,9-12H2,1H3,(H,23,25). The van der Waals surface area contributed by atoms with E-state index in [1.807, 2.05) is 18.2 Å². The number of ether oxygens (including phenoxy) is 1. The second-order valence-corrected chi connectivity index (χ2v) is 9.52. The Morgan fingerprint density at radius 1 is 1.17 bits per heavy atom. The Morgan fingerprint density at radius 2 is 1.97 bits per heavy atom. The third-order valence-electron chi connectivity index (χ3n) is 4.80. The predicted molar refractivity (Wildman–Crippen MR) is 117 cm³/mol. The number of fused-ring (bicyclic) bond motifs is 1. The normalized spacial score (nSPS) is 13.7. The first-order valence-corrected chi connectivity index (χ1v) is 11.1. The number of benzene rings is 1. The summed E-state index contributed by atoms with van der Waals surface area (Å²) in [5.74, 6) is -0.690. The molecule has 1 aliphatic rings. The zero-order valence-electron chi connectivity index (χ0n) is 15.7. The molecular weight excluding hydrogens is 428 g/mol. The SMILES string of the molecule is COC(=O)c1c(NC(=O)c2ccc(Cl)s2)sc2c1CCN(Cc1ccccc1)C2. The van der Waals surface area contributed by atoms with E-state index in [4.69, 9.17) is 16.3 Å². The van der Waals surface area contributed by atoms with Crippen molar-refractivity contribution in [2.45, 2.75) is 19.5 Å². The third-order valence-corrected chi connectivity index (χ3v) is 7.16. The van der Waals surface area contributed by atoms with Crippen LogP contribution in [0.3, 0.4) is 0 Å². The van der Waals surface area contributed by atoms with Crippen molar-refractivity contribution in [3.63, 3.8) is 0 Å². The molecular formula is C21H19ClN2O3S2. The molecule has 1 aromatic carbocycles. The van der Waals surface area contributed by atoms with Crippen molar-refractivity contribution < 1.29 is 14.3 Å². The van der Waals surface area contributed by atoms with Crippen LogP contribution in [-0.4, -0.2) is 30.4 Å². The van der Waals surface area contributed by atoms with E-state index in [0.717, 1.165) is 36.5 Å². The van der Waals surface area contributed by atoms with E-state index in [1.165, 1.54) is 35.3 Å². The summed E-state index contributed by atoms with van der Waals surface area (Å²) in [6.07, 6.45) is 0.740. The molecule has 3 aromatic rings. The lowest BCUT2D eigenvalue weighted by molar-refractivity contribution is 0.0600. The minimum absolute atomic E-state index is 0.271. The van der Waals surface area contributed by atoms with Gasteiger partial charge in [0.2, 0.25) is 0 Å². The van der Waals surface area contributed by atoms with E-state index >= 15 is 0 Å². The molecule has 4 rings (SSSR count). The fourth-order valence-corrected chi connectivity index (χ4v) is 5.65. The van der Waals surface area contributed by atoms with Crippen LogP contribution in [0.4, 0.5) is 5.00 Å². The van der Waals surface area contributed by atoms with Crippen molar-refractivity contribution in [2.24, 2.45) is 0 Å². The summed E-state index contributed by atoms with van der Waals surface area (Å²) in [4.78, 5) is 29.0. The Labute approximate surface area is 181 Å². The van der Waals surface area contributed by atoms with Gasteiger partial charge in [0, 0.05) is 24.5 Å². The Bertz CT molecular complexity index is 1050. The zero-order chi connectivity index (χ0) is 20.4. The summed E-state index contributed by atoms with van der Waals surface area (Å²) in [5, 5.41) is 3.43. The Hall–Kier alpha value is -2.19. The number of carbonyl (C=O) groups excluding carboxylic acids is 2. The second-order valence-electron chi connectivity index (χ2n) is 6.70. The number of hydrogen-bond acceptors (Lipinski definition) is 6. The number of esters is 1. The first-order chi connectivity index (χ1) is 14.0. The number of nitrogens with one attached hydrogen (secondary N) is 1. The van der Waals surface area contributed by atoms with Gasteiger partial charge in [0.25, 0.3) is 5.91 Å². The van der Waals surface area contributed by atoms with Gasteiger partial charge in [-0.2, -0.15) is 0 Å². The van der Waals surface area contributed by atoms with Crippen LogP contribution in [0.5, 0.6) is 0 Å². The van der Waals surface area contributed by atoms with Crippen LogP contribution in [0.2, 0.25) is 4.34 Å². The van der Waals surface area contributed by atoms with E-state index in [-0.39, 0.29) is 5.91 Å². The van der Waals surface area contributed by atoms with Crippen LogP contribution in [0.25, 0.3) is 0 Å². The van der Waals surface area contributed by atoms with Gasteiger partial charge in [0.1, 0.15) is 5.00 Å². The van der Waals surface area contributed by atoms with Crippen LogP contribution < -0.4 is 5.32 Å². The molecule has 8 heteroatoms. The average molecular weight is 447 g/mol. The second kappa shape index (κ2) is 8.67. The maximum Gasteiger partial charge on any atom is 0.341 e. The third kappa shape index (κ3) is 4.38. The molecule has 2 aromatic heterocycles. The number of methoxy groups -OCH3 is 1. The quantitative estimate of drug-likeness (QED) is 0.556. The van der Waals surface area contributed by atoms with Crippen molar-refractivity contribution in [2.75, 3.05) is 19.0 Å². The maximum atomic E-state index is 12.6. The molecule has 0 saturated carbocycles. The lowest BCUT2D eigenvalue weighted by Gasteiger charge is -2.27. The van der Waals surface area contributed by atoms with Gasteiger partial charge < -0.3 is 10.1 Å². The van der Waals surface area contributed by atoms with Gasteiger partial charge in [-0.25, -0.2) is 4.79 Å². The molecule has 0 aliphatic carbocycles. The van der Waals surface area contributed by atoms with Gasteiger partial charge in [-0.1, -0.05) is 41.9 Å². The molecule has 150 valence electrons. The van der Waals surface area contributed by atoms with E-state index in [0.29, 0.717) is 19.8 Å². The van der Waals surface area contributed by atoms with Crippen LogP contribution in [0.15, 0.2) is 42.5 Å². The number of amides is 1. The van der Waals surface area contributed by atoms with Crippen LogP contribution in [0.1, 0.15) is 36.0 Å². The number of nitrogens with zero attached hydrogens (tertiary/aromatic N) is 1. The Balaban J connectivity index is 1.58. The smallest absolute Gasteiger partial charge is 0.341 e. The number of thiophene rings is 2. The molecule has 0 saturated heterocycles. The molecule has 29 heavy (non-hydrogen) atoms. The molecule has 1 amide bonds. The monoisotopic (exact) mass is 446 g/mol. The summed E-state index contributed by atoms with van der Waals surface area (Å²) < 4.78 is 5.55. The lowest BCUT2D eigenvalue weighted by Crippen LogP contribution is -2.29. The van der Waals surface area contributed by atoms with Gasteiger partial charge in [-0.3, -0.25) is 9.69 Å². The highest BCUT2D eigenvalue weighted by Gasteiger charge is 2.29. The molecule has 1 N–H and O–H groups in total. The Kier molecular flexibility index (Phi) is 6.01. The molecule has 1 aliphatic heterocycles. The van der Waals surface area contributed by atoms with Crippen molar-refractivity contribution in [3.05, 3.63) is 73.2 Å². The van der Waals surface area contributed by atoms with E-state index in [9.17, 15) is 9.59 Å². The molecule has 0 unspecified atom stereocenters. The lowest BCUT2D eigenvalue weighted by atomic mass is 10.0. The molecule has 3 heterocycles. The van der Waals surface area contributed by atoms with Crippen molar-refractivity contribution in [1.82, 2.24) is 4.90 Å². The molecule has 0 radical (unpaired) electrons. The van der Waals surface area contributed by atoms with Gasteiger partial charge in [-0.05, 0) is 29.7 Å².